The molecule has 0 aliphatic carbocycles. The summed E-state index contributed by atoms with van der Waals surface area (Å²) in [5, 5.41) is 5.80. The highest BCUT2D eigenvalue weighted by Crippen LogP contribution is 2.15. The van der Waals surface area contributed by atoms with Crippen LogP contribution in [-0.2, 0) is 11.2 Å². The summed E-state index contributed by atoms with van der Waals surface area (Å²) in [7, 11) is 1.77. The van der Waals surface area contributed by atoms with Crippen LogP contribution in [0.25, 0.3) is 0 Å². The van der Waals surface area contributed by atoms with Gasteiger partial charge in [0.25, 0.3) is 0 Å². The van der Waals surface area contributed by atoms with Gasteiger partial charge in [0.05, 0.1) is 12.6 Å². The Morgan fingerprint density at radius 2 is 1.81 bits per heavy atom. The summed E-state index contributed by atoms with van der Waals surface area (Å²) in [6.07, 6.45) is 2.08. The molecule has 21 heavy (non-hydrogen) atoms. The van der Waals surface area contributed by atoms with Crippen LogP contribution in [0.5, 0.6) is 5.75 Å². The lowest BCUT2D eigenvalue weighted by molar-refractivity contribution is -0.120. The van der Waals surface area contributed by atoms with Crippen LogP contribution in [0.4, 0.5) is 0 Å². The average molecular weight is 315 g/mol. The Balaban J connectivity index is 0.00000400. The van der Waals surface area contributed by atoms with Gasteiger partial charge >= 0.3 is 0 Å². The fourth-order valence-corrected chi connectivity index (χ4v) is 1.95. The van der Waals surface area contributed by atoms with Gasteiger partial charge in [-0.2, -0.15) is 0 Å². The van der Waals surface area contributed by atoms with Gasteiger partial charge < -0.3 is 15.4 Å². The van der Waals surface area contributed by atoms with E-state index in [2.05, 4.69) is 22.8 Å². The van der Waals surface area contributed by atoms with Crippen LogP contribution in [0.3, 0.4) is 0 Å². The summed E-state index contributed by atoms with van der Waals surface area (Å²) >= 11 is 0. The summed E-state index contributed by atoms with van der Waals surface area (Å²) in [6.45, 7) is 6.43. The van der Waals surface area contributed by atoms with Crippen molar-refractivity contribution in [2.75, 3.05) is 13.6 Å². The summed E-state index contributed by atoms with van der Waals surface area (Å²) in [6, 6.07) is 8.35. The molecule has 0 saturated carbocycles. The minimum absolute atomic E-state index is 0. The average Bonchev–Trinajstić information content (AvgIpc) is 2.37. The molecule has 0 aliphatic heterocycles. The van der Waals surface area contributed by atoms with Gasteiger partial charge in [-0.1, -0.05) is 12.1 Å². The van der Waals surface area contributed by atoms with Crippen LogP contribution in [0, 0.1) is 0 Å². The lowest BCUT2D eigenvalue weighted by atomic mass is 10.1. The molecule has 0 radical (unpaired) electrons. The Morgan fingerprint density at radius 3 is 2.33 bits per heavy atom. The van der Waals surface area contributed by atoms with E-state index >= 15 is 0 Å². The van der Waals surface area contributed by atoms with E-state index in [-0.39, 0.29) is 30.5 Å². The zero-order valence-corrected chi connectivity index (χ0v) is 14.1. The highest BCUT2D eigenvalue weighted by Gasteiger charge is 2.06. The van der Waals surface area contributed by atoms with Crippen molar-refractivity contribution in [2.24, 2.45) is 0 Å². The first kappa shape index (κ1) is 19.7. The first-order chi connectivity index (χ1) is 9.51. The monoisotopic (exact) mass is 314 g/mol. The Hall–Kier alpha value is -1.26. The quantitative estimate of drug-likeness (QED) is 0.775. The topological polar surface area (TPSA) is 50.4 Å². The highest BCUT2D eigenvalue weighted by atomic mass is 35.5. The molecule has 5 heteroatoms. The fourth-order valence-electron chi connectivity index (χ4n) is 1.95. The molecule has 0 fully saturated rings. The van der Waals surface area contributed by atoms with Crippen LogP contribution in [-0.4, -0.2) is 31.6 Å². The third-order valence-corrected chi connectivity index (χ3v) is 2.91. The van der Waals surface area contributed by atoms with E-state index in [1.54, 1.807) is 7.05 Å². The second-order valence-corrected chi connectivity index (χ2v) is 5.35. The van der Waals surface area contributed by atoms with Crippen molar-refractivity contribution in [1.29, 1.82) is 0 Å². The number of amides is 1. The van der Waals surface area contributed by atoms with Gasteiger partial charge in [0.15, 0.2) is 0 Å². The molecule has 120 valence electrons. The van der Waals surface area contributed by atoms with Gasteiger partial charge in [-0.25, -0.2) is 0 Å². The van der Waals surface area contributed by atoms with Crippen LogP contribution < -0.4 is 15.4 Å². The van der Waals surface area contributed by atoms with Gasteiger partial charge in [0, 0.05) is 6.04 Å². The van der Waals surface area contributed by atoms with Gasteiger partial charge in [0.1, 0.15) is 5.75 Å². The predicted molar refractivity (Wildman–Crippen MR) is 89.3 cm³/mol. The number of benzene rings is 1. The lowest BCUT2D eigenvalue weighted by Gasteiger charge is -2.14. The predicted octanol–water partition coefficient (Wildman–Crippen LogP) is 2.55. The summed E-state index contributed by atoms with van der Waals surface area (Å²) in [5.74, 6) is 0.944. The normalized spacial score (nSPS) is 11.7. The molecule has 4 nitrogen and oxygen atoms in total. The van der Waals surface area contributed by atoms with Crippen molar-refractivity contribution in [3.8, 4) is 5.75 Å². The smallest absolute Gasteiger partial charge is 0.234 e. The molecular weight excluding hydrogens is 288 g/mol. The van der Waals surface area contributed by atoms with E-state index in [9.17, 15) is 4.79 Å². The van der Waals surface area contributed by atoms with Crippen LogP contribution >= 0.6 is 12.4 Å². The molecule has 0 spiro atoms. The van der Waals surface area contributed by atoms with E-state index in [0.29, 0.717) is 6.54 Å². The number of halogens is 1. The Morgan fingerprint density at radius 1 is 1.19 bits per heavy atom. The number of carbonyl (C=O) groups excluding carboxylic acids is 1. The molecule has 0 bridgehead atoms. The van der Waals surface area contributed by atoms with Crippen molar-refractivity contribution >= 4 is 18.3 Å². The van der Waals surface area contributed by atoms with Crippen molar-refractivity contribution in [2.45, 2.75) is 45.8 Å². The molecule has 2 N–H and O–H groups in total. The third kappa shape index (κ3) is 8.58. The SMILES string of the molecule is CNCC(=O)NC(C)CCc1ccc(OC(C)C)cc1.Cl. The molecule has 1 aromatic carbocycles. The molecule has 1 atom stereocenters. The van der Waals surface area contributed by atoms with Crippen molar-refractivity contribution in [3.63, 3.8) is 0 Å². The summed E-state index contributed by atoms with van der Waals surface area (Å²) in [5.41, 5.74) is 1.26. The van der Waals surface area contributed by atoms with E-state index < -0.39 is 0 Å². The molecule has 1 amide bonds. The van der Waals surface area contributed by atoms with Gasteiger partial charge in [-0.15, -0.1) is 12.4 Å². The fraction of sp³-hybridized carbons (Fsp3) is 0.562. The second-order valence-electron chi connectivity index (χ2n) is 5.35. The minimum atomic E-state index is 0. The standard InChI is InChI=1S/C16H26N2O2.ClH/c1-12(2)20-15-9-7-14(8-10-15)6-5-13(3)18-16(19)11-17-4;/h7-10,12-13,17H,5-6,11H2,1-4H3,(H,18,19);1H. The van der Waals surface area contributed by atoms with Crippen LogP contribution in [0.1, 0.15) is 32.8 Å². The molecular formula is C16H27ClN2O2. The third-order valence-electron chi connectivity index (χ3n) is 2.91. The van der Waals surface area contributed by atoms with Gasteiger partial charge in [-0.05, 0) is 58.4 Å². The maximum atomic E-state index is 11.4. The Bertz CT molecular complexity index is 407. The molecule has 1 rings (SSSR count). The number of aryl methyl sites for hydroxylation is 1. The number of ether oxygens (including phenoxy) is 1. The number of carbonyl (C=O) groups is 1. The van der Waals surface area contributed by atoms with Crippen molar-refractivity contribution in [3.05, 3.63) is 29.8 Å². The Labute approximate surface area is 134 Å². The zero-order chi connectivity index (χ0) is 15.0. The van der Waals surface area contributed by atoms with Gasteiger partial charge in [0.2, 0.25) is 5.91 Å². The van der Waals surface area contributed by atoms with Crippen molar-refractivity contribution in [1.82, 2.24) is 10.6 Å². The molecule has 1 unspecified atom stereocenters. The number of nitrogens with one attached hydrogen (secondary N) is 2. The maximum absolute atomic E-state index is 11.4. The van der Waals surface area contributed by atoms with Crippen LogP contribution in [0.15, 0.2) is 24.3 Å². The van der Waals surface area contributed by atoms with Crippen molar-refractivity contribution < 1.29 is 9.53 Å². The first-order valence-corrected chi connectivity index (χ1v) is 7.20. The zero-order valence-electron chi connectivity index (χ0n) is 13.3. The largest absolute Gasteiger partial charge is 0.491 e. The van der Waals surface area contributed by atoms with Gasteiger partial charge in [-0.3, -0.25) is 4.79 Å². The number of hydrogen-bond donors (Lipinski definition) is 2. The van der Waals surface area contributed by atoms with E-state index in [1.165, 1.54) is 5.56 Å². The summed E-state index contributed by atoms with van der Waals surface area (Å²) in [4.78, 5) is 11.4. The number of hydrogen-bond acceptors (Lipinski definition) is 3. The number of rotatable bonds is 8. The maximum Gasteiger partial charge on any atom is 0.234 e. The summed E-state index contributed by atoms with van der Waals surface area (Å²) < 4.78 is 5.61. The van der Waals surface area contributed by atoms with Crippen LogP contribution in [0.2, 0.25) is 0 Å². The van der Waals surface area contributed by atoms with E-state index in [0.717, 1.165) is 18.6 Å². The molecule has 0 aromatic heterocycles. The molecule has 0 aliphatic rings. The molecule has 0 saturated heterocycles. The second kappa shape index (κ2) is 10.5. The lowest BCUT2D eigenvalue weighted by Crippen LogP contribution is -2.38. The highest BCUT2D eigenvalue weighted by molar-refractivity contribution is 5.85. The van der Waals surface area contributed by atoms with E-state index in [4.69, 9.17) is 4.74 Å². The van der Waals surface area contributed by atoms with E-state index in [1.807, 2.05) is 32.9 Å². The molecule has 0 heterocycles. The Kier molecular flexibility index (Phi) is 9.84. The molecule has 1 aromatic rings. The minimum Gasteiger partial charge on any atom is -0.491 e. The first-order valence-electron chi connectivity index (χ1n) is 7.20. The number of likely N-dealkylation sites (N-methyl/N-ethyl adjacent to an activating group) is 1.